The lowest BCUT2D eigenvalue weighted by Crippen LogP contribution is -2.51. The molecule has 0 saturated heterocycles. The van der Waals surface area contributed by atoms with Crippen LogP contribution in [0.2, 0.25) is 0 Å². The molecule has 0 radical (unpaired) electrons. The van der Waals surface area contributed by atoms with Crippen molar-refractivity contribution in [3.63, 3.8) is 0 Å². The van der Waals surface area contributed by atoms with E-state index in [0.717, 1.165) is 37.7 Å². The van der Waals surface area contributed by atoms with Crippen molar-refractivity contribution in [3.8, 4) is 0 Å². The number of fused-ring (bicyclic) bond motifs is 1. The lowest BCUT2D eigenvalue weighted by atomic mass is 9.47. The first kappa shape index (κ1) is 16.8. The summed E-state index contributed by atoms with van der Waals surface area (Å²) in [5, 5.41) is 10.0. The number of rotatable bonds is 4. The number of allylic oxidation sites excluding steroid dienone is 1. The Labute approximate surface area is 139 Å². The van der Waals surface area contributed by atoms with Crippen molar-refractivity contribution in [2.45, 2.75) is 58.8 Å². The van der Waals surface area contributed by atoms with Gasteiger partial charge < -0.3 is 9.84 Å². The summed E-state index contributed by atoms with van der Waals surface area (Å²) in [4.78, 5) is 11.7. The molecule has 3 nitrogen and oxygen atoms in total. The summed E-state index contributed by atoms with van der Waals surface area (Å²) < 4.78 is 5.03. The van der Waals surface area contributed by atoms with E-state index in [2.05, 4.69) is 20.4 Å². The highest BCUT2D eigenvalue weighted by atomic mass is 16.5. The molecule has 0 aromatic heterocycles. The molecule has 1 N–H and O–H groups in total. The van der Waals surface area contributed by atoms with E-state index in [1.54, 1.807) is 0 Å². The van der Waals surface area contributed by atoms with E-state index in [9.17, 15) is 9.90 Å². The van der Waals surface area contributed by atoms with Crippen LogP contribution >= 0.6 is 0 Å². The first-order valence-corrected chi connectivity index (χ1v) is 9.05. The number of esters is 1. The number of carbonyl (C=O) groups excluding carboxylic acids is 1. The zero-order valence-corrected chi connectivity index (χ0v) is 14.6. The molecule has 3 rings (SSSR count). The second-order valence-electron chi connectivity index (χ2n) is 8.34. The predicted octanol–water partition coefficient (Wildman–Crippen LogP) is 4.02. The van der Waals surface area contributed by atoms with Crippen LogP contribution in [0.4, 0.5) is 0 Å². The summed E-state index contributed by atoms with van der Waals surface area (Å²) >= 11 is 0. The minimum atomic E-state index is -0.142. The highest BCUT2D eigenvalue weighted by Gasteiger charge is 2.54. The molecular weight excluding hydrogens is 288 g/mol. The molecule has 23 heavy (non-hydrogen) atoms. The molecule has 1 aliphatic heterocycles. The fourth-order valence-corrected chi connectivity index (χ4v) is 5.70. The molecule has 4 atom stereocenters. The Bertz CT molecular complexity index is 535. The van der Waals surface area contributed by atoms with Gasteiger partial charge in [0.1, 0.15) is 6.61 Å². The molecule has 3 aliphatic rings. The number of aliphatic hydroxyl groups is 1. The minimum Gasteiger partial charge on any atom is -0.458 e. The monoisotopic (exact) mass is 318 g/mol. The molecule has 2 fully saturated rings. The van der Waals surface area contributed by atoms with Gasteiger partial charge in [0, 0.05) is 12.2 Å². The van der Waals surface area contributed by atoms with Crippen molar-refractivity contribution in [2.24, 2.45) is 22.7 Å². The molecule has 0 bridgehead atoms. The van der Waals surface area contributed by atoms with Gasteiger partial charge in [-0.2, -0.15) is 0 Å². The topological polar surface area (TPSA) is 46.5 Å². The maximum Gasteiger partial charge on any atom is 0.334 e. The van der Waals surface area contributed by atoms with Crippen molar-refractivity contribution in [1.29, 1.82) is 0 Å². The van der Waals surface area contributed by atoms with Crippen LogP contribution < -0.4 is 0 Å². The van der Waals surface area contributed by atoms with E-state index in [1.165, 1.54) is 18.4 Å². The van der Waals surface area contributed by atoms with Crippen molar-refractivity contribution >= 4 is 5.97 Å². The van der Waals surface area contributed by atoms with Crippen molar-refractivity contribution in [1.82, 2.24) is 0 Å². The Morgan fingerprint density at radius 3 is 2.83 bits per heavy atom. The van der Waals surface area contributed by atoms with Gasteiger partial charge in [-0.05, 0) is 67.3 Å². The smallest absolute Gasteiger partial charge is 0.334 e. The van der Waals surface area contributed by atoms with Gasteiger partial charge in [-0.25, -0.2) is 4.79 Å². The highest BCUT2D eigenvalue weighted by molar-refractivity contribution is 5.90. The number of aliphatic hydroxyl groups excluding tert-OH is 1. The van der Waals surface area contributed by atoms with Crippen molar-refractivity contribution in [3.05, 3.63) is 23.8 Å². The van der Waals surface area contributed by atoms with Crippen LogP contribution in [-0.2, 0) is 9.53 Å². The van der Waals surface area contributed by atoms with Gasteiger partial charge in [-0.3, -0.25) is 0 Å². The molecule has 0 amide bonds. The van der Waals surface area contributed by atoms with E-state index >= 15 is 0 Å². The normalized spacial score (nSPS) is 40.6. The fourth-order valence-electron chi connectivity index (χ4n) is 5.70. The van der Waals surface area contributed by atoms with Gasteiger partial charge in [-0.15, -0.1) is 0 Å². The van der Waals surface area contributed by atoms with E-state index in [0.29, 0.717) is 18.4 Å². The van der Waals surface area contributed by atoms with Crippen molar-refractivity contribution < 1.29 is 14.6 Å². The van der Waals surface area contributed by atoms with Gasteiger partial charge in [0.2, 0.25) is 0 Å². The quantitative estimate of drug-likeness (QED) is 0.629. The number of carbonyl (C=O) groups is 1. The molecule has 2 saturated carbocycles. The molecule has 2 aliphatic carbocycles. The first-order chi connectivity index (χ1) is 10.9. The van der Waals surface area contributed by atoms with Crippen LogP contribution in [0, 0.1) is 22.7 Å². The molecule has 0 aromatic carbocycles. The Kier molecular flexibility index (Phi) is 4.43. The second kappa shape index (κ2) is 6.08. The average Bonchev–Trinajstić information content (AvgIpc) is 2.91. The van der Waals surface area contributed by atoms with Crippen LogP contribution in [0.3, 0.4) is 0 Å². The van der Waals surface area contributed by atoms with Gasteiger partial charge in [0.05, 0.1) is 0 Å². The Morgan fingerprint density at radius 2 is 2.17 bits per heavy atom. The summed E-state index contributed by atoms with van der Waals surface area (Å²) in [6.07, 6.45) is 9.42. The average molecular weight is 318 g/mol. The minimum absolute atomic E-state index is 0.0392. The van der Waals surface area contributed by atoms with Gasteiger partial charge in [0.15, 0.2) is 0 Å². The lowest BCUT2D eigenvalue weighted by Gasteiger charge is -2.58. The standard InChI is InChI=1S/C20H30O3/c1-14-5-8-17-19(2,13-21)10-4-11-20(17,3)16(14)7-6-15-9-12-23-18(15)22/h9,16-17,21H,1,4-8,10-13H2,2-3H3/t16?,17-,19+,20+/m1/s1. The third-order valence-electron chi connectivity index (χ3n) is 7.01. The SMILES string of the molecule is C=C1CC[C@@H]2[C@](C)(CO)CCC[C@@]2(C)C1CCC1=CCOC1=O. The molecule has 128 valence electrons. The Balaban J connectivity index is 1.80. The summed E-state index contributed by atoms with van der Waals surface area (Å²) in [6, 6.07) is 0. The predicted molar refractivity (Wildman–Crippen MR) is 90.8 cm³/mol. The molecule has 1 unspecified atom stereocenters. The van der Waals surface area contributed by atoms with Gasteiger partial charge in [-0.1, -0.05) is 32.4 Å². The van der Waals surface area contributed by atoms with Gasteiger partial charge >= 0.3 is 5.97 Å². The highest BCUT2D eigenvalue weighted by Crippen LogP contribution is 2.61. The van der Waals surface area contributed by atoms with Crippen LogP contribution in [0.25, 0.3) is 0 Å². The number of cyclic esters (lactones) is 1. The maximum absolute atomic E-state index is 11.7. The molecule has 0 aromatic rings. The summed E-state index contributed by atoms with van der Waals surface area (Å²) in [5.74, 6) is 0.854. The lowest BCUT2D eigenvalue weighted by molar-refractivity contribution is -0.136. The van der Waals surface area contributed by atoms with Gasteiger partial charge in [0.25, 0.3) is 0 Å². The zero-order valence-electron chi connectivity index (χ0n) is 14.6. The van der Waals surface area contributed by atoms with E-state index in [1.807, 2.05) is 6.08 Å². The zero-order chi connectivity index (χ0) is 16.7. The molecule has 3 heteroatoms. The van der Waals surface area contributed by atoms with E-state index < -0.39 is 0 Å². The van der Waals surface area contributed by atoms with E-state index in [4.69, 9.17) is 4.74 Å². The number of hydrogen-bond acceptors (Lipinski definition) is 3. The van der Waals surface area contributed by atoms with E-state index in [-0.39, 0.29) is 23.4 Å². The van der Waals surface area contributed by atoms with Crippen LogP contribution in [-0.4, -0.2) is 24.3 Å². The summed E-state index contributed by atoms with van der Waals surface area (Å²) in [7, 11) is 0. The first-order valence-electron chi connectivity index (χ1n) is 9.05. The Morgan fingerprint density at radius 1 is 1.39 bits per heavy atom. The largest absolute Gasteiger partial charge is 0.458 e. The number of hydrogen-bond donors (Lipinski definition) is 1. The van der Waals surface area contributed by atoms with Crippen LogP contribution in [0.5, 0.6) is 0 Å². The van der Waals surface area contributed by atoms with Crippen LogP contribution in [0.1, 0.15) is 58.8 Å². The molecule has 1 heterocycles. The second-order valence-corrected chi connectivity index (χ2v) is 8.34. The van der Waals surface area contributed by atoms with Crippen LogP contribution in [0.15, 0.2) is 23.8 Å². The van der Waals surface area contributed by atoms with Crippen molar-refractivity contribution in [2.75, 3.05) is 13.2 Å². The molecular formula is C20H30O3. The fraction of sp³-hybridized carbons (Fsp3) is 0.750. The number of ether oxygens (including phenoxy) is 1. The summed E-state index contributed by atoms with van der Waals surface area (Å²) in [5.41, 5.74) is 2.42. The summed E-state index contributed by atoms with van der Waals surface area (Å²) in [6.45, 7) is 9.75. The third kappa shape index (κ3) is 2.77. The maximum atomic E-state index is 11.7. The molecule has 0 spiro atoms. The Hall–Kier alpha value is -1.09. The third-order valence-corrected chi connectivity index (χ3v) is 7.01.